The van der Waals surface area contributed by atoms with Crippen molar-refractivity contribution in [2.45, 2.75) is 38.6 Å². The molecule has 3 rings (SSSR count). The molecule has 168 valence electrons. The van der Waals surface area contributed by atoms with E-state index in [0.717, 1.165) is 51.4 Å². The van der Waals surface area contributed by atoms with Gasteiger partial charge in [0.15, 0.2) is 0 Å². The second-order valence-corrected chi connectivity index (χ2v) is 9.40. The number of nitrogens with two attached hydrogens (primary N) is 1. The maximum atomic E-state index is 11.6. The minimum atomic E-state index is -0.360. The number of carbonyl (C=O) groups excluding carboxylic acids is 1. The van der Waals surface area contributed by atoms with Gasteiger partial charge in [-0.05, 0) is 80.2 Å². The number of likely N-dealkylation sites (tertiary alicyclic amines) is 1. The van der Waals surface area contributed by atoms with Gasteiger partial charge >= 0.3 is 0 Å². The first-order chi connectivity index (χ1) is 14.8. The first kappa shape index (κ1) is 23.3. The number of benzene rings is 2. The fraction of sp³-hybridized carbons (Fsp3) is 0.500. The summed E-state index contributed by atoms with van der Waals surface area (Å²) in [6.45, 7) is 9.42. The van der Waals surface area contributed by atoms with Crippen molar-refractivity contribution >= 4 is 5.91 Å². The van der Waals surface area contributed by atoms with Crippen LogP contribution in [0, 0.1) is 5.92 Å². The van der Waals surface area contributed by atoms with Gasteiger partial charge in [0.05, 0.1) is 6.61 Å². The Morgan fingerprint density at radius 3 is 2.61 bits per heavy atom. The Labute approximate surface area is 187 Å². The predicted molar refractivity (Wildman–Crippen MR) is 126 cm³/mol. The van der Waals surface area contributed by atoms with E-state index in [-0.39, 0.29) is 11.3 Å². The fourth-order valence-corrected chi connectivity index (χ4v) is 4.44. The minimum absolute atomic E-state index is 0.0478. The molecule has 0 aromatic heterocycles. The molecule has 0 saturated carbocycles. The van der Waals surface area contributed by atoms with Crippen LogP contribution >= 0.6 is 0 Å². The number of primary amides is 1. The van der Waals surface area contributed by atoms with Crippen LogP contribution in [0.5, 0.6) is 5.75 Å². The van der Waals surface area contributed by atoms with Crippen LogP contribution in [0.3, 0.4) is 0 Å². The molecule has 1 aliphatic rings. The van der Waals surface area contributed by atoms with Gasteiger partial charge in [-0.25, -0.2) is 0 Å². The lowest BCUT2D eigenvalue weighted by Gasteiger charge is -2.45. The van der Waals surface area contributed by atoms with Crippen molar-refractivity contribution in [1.29, 1.82) is 0 Å². The number of carbonyl (C=O) groups is 1. The van der Waals surface area contributed by atoms with Crippen molar-refractivity contribution in [3.8, 4) is 5.75 Å². The molecule has 2 aromatic rings. The maximum absolute atomic E-state index is 11.6. The standard InChI is InChI=1S/C26H37N3O2/c1-20-18-29(15-13-26(20,2)23-8-5-7-22(17-23)25(27)30)19-21-9-11-24(12-10-21)31-16-6-14-28(3)4/h5,7-12,17,20H,6,13-16,18-19H2,1-4H3,(H2,27,30). The molecule has 0 spiro atoms. The molecule has 1 fully saturated rings. The molecular weight excluding hydrogens is 386 g/mol. The fourth-order valence-electron chi connectivity index (χ4n) is 4.44. The summed E-state index contributed by atoms with van der Waals surface area (Å²) in [6, 6.07) is 16.4. The normalized spacial score (nSPS) is 21.9. The lowest BCUT2D eigenvalue weighted by atomic mass is 9.68. The summed E-state index contributed by atoms with van der Waals surface area (Å²) < 4.78 is 5.85. The Kier molecular flexibility index (Phi) is 7.74. The van der Waals surface area contributed by atoms with Crippen molar-refractivity contribution in [3.63, 3.8) is 0 Å². The van der Waals surface area contributed by atoms with E-state index in [9.17, 15) is 4.79 Å². The molecule has 2 aromatic carbocycles. The second kappa shape index (κ2) is 10.3. The summed E-state index contributed by atoms with van der Waals surface area (Å²) >= 11 is 0. The van der Waals surface area contributed by atoms with E-state index in [1.807, 2.05) is 12.1 Å². The van der Waals surface area contributed by atoms with Crippen LogP contribution in [0.1, 0.15) is 48.2 Å². The first-order valence-electron chi connectivity index (χ1n) is 11.3. The molecule has 0 radical (unpaired) electrons. The largest absolute Gasteiger partial charge is 0.494 e. The zero-order chi connectivity index (χ0) is 22.4. The van der Waals surface area contributed by atoms with E-state index in [4.69, 9.17) is 10.5 Å². The van der Waals surface area contributed by atoms with Crippen molar-refractivity contribution in [2.75, 3.05) is 40.3 Å². The monoisotopic (exact) mass is 423 g/mol. The van der Waals surface area contributed by atoms with Crippen molar-refractivity contribution in [2.24, 2.45) is 11.7 Å². The second-order valence-electron chi connectivity index (χ2n) is 9.40. The van der Waals surface area contributed by atoms with Crippen molar-refractivity contribution < 1.29 is 9.53 Å². The van der Waals surface area contributed by atoms with Crippen LogP contribution in [0.4, 0.5) is 0 Å². The Morgan fingerprint density at radius 1 is 1.23 bits per heavy atom. The van der Waals surface area contributed by atoms with E-state index in [2.05, 4.69) is 68.1 Å². The Morgan fingerprint density at radius 2 is 1.97 bits per heavy atom. The van der Waals surface area contributed by atoms with Gasteiger partial charge in [-0.2, -0.15) is 0 Å². The molecule has 5 nitrogen and oxygen atoms in total. The number of ether oxygens (including phenoxy) is 1. The summed E-state index contributed by atoms with van der Waals surface area (Å²) in [7, 11) is 4.16. The molecule has 31 heavy (non-hydrogen) atoms. The van der Waals surface area contributed by atoms with E-state index < -0.39 is 0 Å². The highest BCUT2D eigenvalue weighted by molar-refractivity contribution is 5.92. The average Bonchev–Trinajstić information content (AvgIpc) is 2.75. The third-order valence-electron chi connectivity index (χ3n) is 6.72. The number of rotatable bonds is 9. The van der Waals surface area contributed by atoms with E-state index in [1.54, 1.807) is 6.07 Å². The lowest BCUT2D eigenvalue weighted by Crippen LogP contribution is -2.47. The van der Waals surface area contributed by atoms with Crippen LogP contribution in [0.15, 0.2) is 48.5 Å². The molecule has 2 unspecified atom stereocenters. The SMILES string of the molecule is CC1CN(Cc2ccc(OCCCN(C)C)cc2)CCC1(C)c1cccc(C(N)=O)c1. The van der Waals surface area contributed by atoms with Gasteiger partial charge in [-0.1, -0.05) is 38.1 Å². The third-order valence-corrected chi connectivity index (χ3v) is 6.72. The average molecular weight is 424 g/mol. The van der Waals surface area contributed by atoms with Gasteiger partial charge in [-0.3, -0.25) is 9.69 Å². The van der Waals surface area contributed by atoms with E-state index in [0.29, 0.717) is 11.5 Å². The zero-order valence-corrected chi connectivity index (χ0v) is 19.4. The Hall–Kier alpha value is -2.37. The summed E-state index contributed by atoms with van der Waals surface area (Å²) in [5, 5.41) is 0. The van der Waals surface area contributed by atoms with E-state index in [1.165, 1.54) is 11.1 Å². The van der Waals surface area contributed by atoms with Crippen LogP contribution in [0.2, 0.25) is 0 Å². The van der Waals surface area contributed by atoms with Gasteiger partial charge in [0.2, 0.25) is 5.91 Å². The highest BCUT2D eigenvalue weighted by Crippen LogP contribution is 2.40. The topological polar surface area (TPSA) is 58.8 Å². The van der Waals surface area contributed by atoms with Crippen LogP contribution in [-0.4, -0.2) is 56.0 Å². The molecule has 1 aliphatic heterocycles. The quantitative estimate of drug-likeness (QED) is 0.621. The highest BCUT2D eigenvalue weighted by Gasteiger charge is 2.38. The first-order valence-corrected chi connectivity index (χ1v) is 11.3. The smallest absolute Gasteiger partial charge is 0.248 e. The molecule has 0 aliphatic carbocycles. The summed E-state index contributed by atoms with van der Waals surface area (Å²) in [4.78, 5) is 16.3. The predicted octanol–water partition coefficient (Wildman–Crippen LogP) is 3.92. The summed E-state index contributed by atoms with van der Waals surface area (Å²) in [5.41, 5.74) is 8.67. The third kappa shape index (κ3) is 6.08. The van der Waals surface area contributed by atoms with Gasteiger partial charge < -0.3 is 15.4 Å². The Bertz CT molecular complexity index is 865. The van der Waals surface area contributed by atoms with Crippen LogP contribution in [0.25, 0.3) is 0 Å². The summed E-state index contributed by atoms with van der Waals surface area (Å²) in [6.07, 6.45) is 2.09. The molecule has 1 saturated heterocycles. The van der Waals surface area contributed by atoms with Gasteiger partial charge in [0, 0.05) is 25.2 Å². The number of nitrogens with zero attached hydrogens (tertiary/aromatic N) is 2. The van der Waals surface area contributed by atoms with Crippen LogP contribution in [-0.2, 0) is 12.0 Å². The van der Waals surface area contributed by atoms with Gasteiger partial charge in [0.25, 0.3) is 0 Å². The van der Waals surface area contributed by atoms with Crippen molar-refractivity contribution in [3.05, 3.63) is 65.2 Å². The lowest BCUT2D eigenvalue weighted by molar-refractivity contribution is 0.0996. The molecular formula is C26H37N3O2. The molecule has 1 heterocycles. The molecule has 2 atom stereocenters. The zero-order valence-electron chi connectivity index (χ0n) is 19.4. The van der Waals surface area contributed by atoms with E-state index >= 15 is 0 Å². The Balaban J connectivity index is 1.55. The highest BCUT2D eigenvalue weighted by atomic mass is 16.5. The number of hydrogen-bond acceptors (Lipinski definition) is 4. The van der Waals surface area contributed by atoms with Gasteiger partial charge in [0.1, 0.15) is 5.75 Å². The molecule has 5 heteroatoms. The number of amides is 1. The number of hydrogen-bond donors (Lipinski definition) is 1. The summed E-state index contributed by atoms with van der Waals surface area (Å²) in [5.74, 6) is 1.06. The van der Waals surface area contributed by atoms with Gasteiger partial charge in [-0.15, -0.1) is 0 Å². The molecule has 1 amide bonds. The molecule has 2 N–H and O–H groups in total. The van der Waals surface area contributed by atoms with Crippen LogP contribution < -0.4 is 10.5 Å². The van der Waals surface area contributed by atoms with Crippen molar-refractivity contribution in [1.82, 2.24) is 9.80 Å². The molecule has 0 bridgehead atoms. The minimum Gasteiger partial charge on any atom is -0.494 e. The maximum Gasteiger partial charge on any atom is 0.248 e. The number of piperidine rings is 1.